The average molecular weight is 359 g/mol. The molecule has 2 aromatic rings. The largest absolute Gasteiger partial charge is 0.465 e. The SMILES string of the molecule is COC(=O)c1cc(NC(=O)CCn2nc(C)cc2C)cc(C(=O)OC)c1. The van der Waals surface area contributed by atoms with Crippen LogP contribution in [0.5, 0.6) is 0 Å². The van der Waals surface area contributed by atoms with Gasteiger partial charge >= 0.3 is 11.9 Å². The van der Waals surface area contributed by atoms with Gasteiger partial charge in [-0.05, 0) is 38.1 Å². The van der Waals surface area contributed by atoms with Crippen molar-refractivity contribution in [2.75, 3.05) is 19.5 Å². The van der Waals surface area contributed by atoms with Crippen molar-refractivity contribution >= 4 is 23.5 Å². The van der Waals surface area contributed by atoms with Gasteiger partial charge in [0.25, 0.3) is 0 Å². The molecule has 0 unspecified atom stereocenters. The Bertz CT molecular complexity index is 807. The number of carbonyl (C=O) groups excluding carboxylic acids is 3. The predicted octanol–water partition coefficient (Wildman–Crippen LogP) is 2.10. The Kier molecular flexibility index (Phi) is 6.11. The summed E-state index contributed by atoms with van der Waals surface area (Å²) in [5.74, 6) is -1.50. The normalized spacial score (nSPS) is 10.3. The Hall–Kier alpha value is -3.16. The number of carbonyl (C=O) groups is 3. The molecule has 1 N–H and O–H groups in total. The molecule has 0 fully saturated rings. The van der Waals surface area contributed by atoms with Crippen LogP contribution in [-0.2, 0) is 20.8 Å². The maximum absolute atomic E-state index is 12.2. The van der Waals surface area contributed by atoms with E-state index in [1.54, 1.807) is 4.68 Å². The fourth-order valence-electron chi connectivity index (χ4n) is 2.50. The molecule has 0 bridgehead atoms. The first kappa shape index (κ1) is 19.2. The minimum Gasteiger partial charge on any atom is -0.465 e. The van der Waals surface area contributed by atoms with Crippen LogP contribution in [0.2, 0.25) is 0 Å². The molecule has 0 radical (unpaired) electrons. The standard InChI is InChI=1S/C18H21N3O5/c1-11-7-12(2)21(20-11)6-5-16(22)19-15-9-13(17(23)25-3)8-14(10-15)18(24)26-4/h7-10H,5-6H2,1-4H3,(H,19,22). The second-order valence-electron chi connectivity index (χ2n) is 5.73. The Labute approximate surface area is 151 Å². The molecular weight excluding hydrogens is 338 g/mol. The molecule has 26 heavy (non-hydrogen) atoms. The van der Waals surface area contributed by atoms with Crippen LogP contribution < -0.4 is 5.32 Å². The number of methoxy groups -OCH3 is 2. The zero-order valence-corrected chi connectivity index (χ0v) is 15.2. The number of benzene rings is 1. The number of aromatic nitrogens is 2. The highest BCUT2D eigenvalue weighted by Crippen LogP contribution is 2.17. The molecule has 1 aromatic carbocycles. The minimum absolute atomic E-state index is 0.143. The van der Waals surface area contributed by atoms with Crippen molar-refractivity contribution in [1.82, 2.24) is 9.78 Å². The van der Waals surface area contributed by atoms with Crippen molar-refractivity contribution in [3.63, 3.8) is 0 Å². The fraction of sp³-hybridized carbons (Fsp3) is 0.333. The third-order valence-corrected chi connectivity index (χ3v) is 3.71. The van der Waals surface area contributed by atoms with E-state index in [-0.39, 0.29) is 23.5 Å². The van der Waals surface area contributed by atoms with Crippen LogP contribution in [0.1, 0.15) is 38.5 Å². The van der Waals surface area contributed by atoms with E-state index in [9.17, 15) is 14.4 Å². The summed E-state index contributed by atoms with van der Waals surface area (Å²) >= 11 is 0. The van der Waals surface area contributed by atoms with E-state index in [0.717, 1.165) is 11.4 Å². The van der Waals surface area contributed by atoms with E-state index in [1.165, 1.54) is 32.4 Å². The van der Waals surface area contributed by atoms with E-state index >= 15 is 0 Å². The Balaban J connectivity index is 2.13. The molecule has 0 saturated carbocycles. The maximum atomic E-state index is 12.2. The molecule has 0 aliphatic heterocycles. The predicted molar refractivity (Wildman–Crippen MR) is 94.1 cm³/mol. The molecule has 2 rings (SSSR count). The minimum atomic E-state index is -0.617. The van der Waals surface area contributed by atoms with Crippen molar-refractivity contribution < 1.29 is 23.9 Å². The molecule has 0 atom stereocenters. The highest BCUT2D eigenvalue weighted by molar-refractivity contribution is 5.99. The van der Waals surface area contributed by atoms with Crippen LogP contribution in [0.25, 0.3) is 0 Å². The van der Waals surface area contributed by atoms with Gasteiger partial charge < -0.3 is 14.8 Å². The second kappa shape index (κ2) is 8.28. The average Bonchev–Trinajstić information content (AvgIpc) is 2.95. The van der Waals surface area contributed by atoms with Gasteiger partial charge in [-0.2, -0.15) is 5.10 Å². The highest BCUT2D eigenvalue weighted by atomic mass is 16.5. The van der Waals surface area contributed by atoms with Gasteiger partial charge in [0.1, 0.15) is 0 Å². The smallest absolute Gasteiger partial charge is 0.337 e. The van der Waals surface area contributed by atoms with Gasteiger partial charge in [-0.15, -0.1) is 0 Å². The van der Waals surface area contributed by atoms with Gasteiger partial charge in [-0.1, -0.05) is 0 Å². The molecule has 0 aliphatic rings. The first-order valence-electron chi connectivity index (χ1n) is 7.96. The number of amides is 1. The summed E-state index contributed by atoms with van der Waals surface area (Å²) in [6.07, 6.45) is 0.192. The molecule has 138 valence electrons. The van der Waals surface area contributed by atoms with Gasteiger partial charge in [0.15, 0.2) is 0 Å². The van der Waals surface area contributed by atoms with Gasteiger partial charge in [0.05, 0.1) is 31.0 Å². The molecule has 1 amide bonds. The van der Waals surface area contributed by atoms with Gasteiger partial charge in [0, 0.05) is 24.3 Å². The molecule has 1 aromatic heterocycles. The summed E-state index contributed by atoms with van der Waals surface area (Å²) in [5.41, 5.74) is 2.45. The highest BCUT2D eigenvalue weighted by Gasteiger charge is 2.15. The number of ether oxygens (including phenoxy) is 2. The van der Waals surface area contributed by atoms with E-state index in [0.29, 0.717) is 12.2 Å². The van der Waals surface area contributed by atoms with Crippen LogP contribution in [0.3, 0.4) is 0 Å². The summed E-state index contributed by atoms with van der Waals surface area (Å²) in [6, 6.07) is 6.17. The van der Waals surface area contributed by atoms with E-state index in [1.807, 2.05) is 19.9 Å². The topological polar surface area (TPSA) is 99.5 Å². The molecule has 0 aliphatic carbocycles. The van der Waals surface area contributed by atoms with E-state index in [2.05, 4.69) is 19.9 Å². The van der Waals surface area contributed by atoms with E-state index in [4.69, 9.17) is 0 Å². The summed E-state index contributed by atoms with van der Waals surface area (Å²) in [4.78, 5) is 35.8. The molecule has 8 heteroatoms. The van der Waals surface area contributed by atoms with Gasteiger partial charge in [0.2, 0.25) is 5.91 Å². The number of rotatable bonds is 6. The summed E-state index contributed by atoms with van der Waals surface area (Å²) in [5, 5.41) is 6.98. The number of nitrogens with zero attached hydrogens (tertiary/aromatic N) is 2. The van der Waals surface area contributed by atoms with E-state index < -0.39 is 11.9 Å². The number of esters is 2. The lowest BCUT2D eigenvalue weighted by atomic mass is 10.1. The Morgan fingerprint density at radius 3 is 2.04 bits per heavy atom. The van der Waals surface area contributed by atoms with Crippen molar-refractivity contribution in [2.45, 2.75) is 26.8 Å². The van der Waals surface area contributed by atoms with Crippen molar-refractivity contribution in [3.8, 4) is 0 Å². The quantitative estimate of drug-likeness (QED) is 0.793. The number of hydrogen-bond acceptors (Lipinski definition) is 6. The second-order valence-corrected chi connectivity index (χ2v) is 5.73. The number of nitrogens with one attached hydrogen (secondary N) is 1. The Morgan fingerprint density at radius 2 is 1.58 bits per heavy atom. The lowest BCUT2D eigenvalue weighted by Crippen LogP contribution is -2.17. The summed E-state index contributed by atoms with van der Waals surface area (Å²) in [6.45, 7) is 4.22. The van der Waals surface area contributed by atoms with Gasteiger partial charge in [-0.3, -0.25) is 9.48 Å². The first-order chi connectivity index (χ1) is 12.3. The molecule has 0 spiro atoms. The lowest BCUT2D eigenvalue weighted by Gasteiger charge is -2.10. The summed E-state index contributed by atoms with van der Waals surface area (Å²) in [7, 11) is 2.47. The van der Waals surface area contributed by atoms with Crippen LogP contribution >= 0.6 is 0 Å². The van der Waals surface area contributed by atoms with Crippen molar-refractivity contribution in [1.29, 1.82) is 0 Å². The monoisotopic (exact) mass is 359 g/mol. The first-order valence-corrected chi connectivity index (χ1v) is 7.96. The van der Waals surface area contributed by atoms with Crippen LogP contribution in [-0.4, -0.2) is 41.8 Å². The molecule has 1 heterocycles. The number of hydrogen-bond donors (Lipinski definition) is 1. The third kappa shape index (κ3) is 4.69. The number of anilines is 1. The van der Waals surface area contributed by atoms with Crippen LogP contribution in [0.4, 0.5) is 5.69 Å². The summed E-state index contributed by atoms with van der Waals surface area (Å²) < 4.78 is 11.1. The molecule has 8 nitrogen and oxygen atoms in total. The fourth-order valence-corrected chi connectivity index (χ4v) is 2.50. The van der Waals surface area contributed by atoms with Crippen LogP contribution in [0.15, 0.2) is 24.3 Å². The lowest BCUT2D eigenvalue weighted by molar-refractivity contribution is -0.116. The Morgan fingerprint density at radius 1 is 1.00 bits per heavy atom. The zero-order valence-electron chi connectivity index (χ0n) is 15.2. The van der Waals surface area contributed by atoms with Gasteiger partial charge in [-0.25, -0.2) is 9.59 Å². The maximum Gasteiger partial charge on any atom is 0.337 e. The van der Waals surface area contributed by atoms with Crippen molar-refractivity contribution in [2.24, 2.45) is 0 Å². The van der Waals surface area contributed by atoms with Crippen LogP contribution in [0, 0.1) is 13.8 Å². The van der Waals surface area contributed by atoms with Crippen molar-refractivity contribution in [3.05, 3.63) is 46.8 Å². The molecule has 0 saturated heterocycles. The zero-order chi connectivity index (χ0) is 19.3. The number of aryl methyl sites for hydroxylation is 3. The molecular formula is C18H21N3O5. The third-order valence-electron chi connectivity index (χ3n) is 3.71.